The molecule has 0 unspecified atom stereocenters. The Bertz CT molecular complexity index is 788. The third-order valence-electron chi connectivity index (χ3n) is 4.65. The highest BCUT2D eigenvalue weighted by Crippen LogP contribution is 2.16. The molecule has 26 heteroatoms. The molecule has 0 heterocycles. The first kappa shape index (κ1) is 35.3. The summed E-state index contributed by atoms with van der Waals surface area (Å²) in [6.45, 7) is -2.03. The maximum absolute atomic E-state index is 10.5. The Morgan fingerprint density at radius 2 is 0.474 bits per heavy atom. The minimum atomic E-state index is -2.73. The average Bonchev–Trinajstić information content (AvgIpc) is 2.77. The molecule has 26 nitrogen and oxygen atoms in total. The summed E-state index contributed by atoms with van der Waals surface area (Å²) in [6.07, 6.45) is 0. The Morgan fingerprint density at radius 1 is 0.368 bits per heavy atom. The SMILES string of the molecule is CC(COCC(C)([N+](=O)[O-])[N+](=O)[O-])([N+](=O)[O-])[N+](=O)[O-].CC(COCC(C)([N+](=O)[O-])[N+](=O)[O-])([N+](=O)[O-])[N+](=O)[O-]. The molecule has 0 aliphatic rings. The van der Waals surface area contributed by atoms with Crippen molar-refractivity contribution in [3.8, 4) is 0 Å². The Kier molecular flexibility index (Phi) is 12.0. The molecule has 0 atom stereocenters. The van der Waals surface area contributed by atoms with E-state index >= 15 is 0 Å². The molecule has 0 N–H and O–H groups in total. The van der Waals surface area contributed by atoms with E-state index in [1.165, 1.54) is 0 Å². The summed E-state index contributed by atoms with van der Waals surface area (Å²) < 4.78 is 8.88. The van der Waals surface area contributed by atoms with Gasteiger partial charge < -0.3 is 9.47 Å². The summed E-state index contributed by atoms with van der Waals surface area (Å²) >= 11 is 0. The van der Waals surface area contributed by atoms with E-state index in [0.29, 0.717) is 27.7 Å². The van der Waals surface area contributed by atoms with Crippen molar-refractivity contribution in [2.45, 2.75) is 50.3 Å². The standard InChI is InChI=1S/2C6H10N4O9/c2*1-5(7(11)12,8(13)14)3-19-4-6(2,9(15)16)10(17)18/h2*3-4H2,1-2H3. The van der Waals surface area contributed by atoms with Crippen LogP contribution in [0.15, 0.2) is 0 Å². The van der Waals surface area contributed by atoms with Gasteiger partial charge in [-0.3, -0.25) is 80.9 Å². The number of nitro groups is 8. The fraction of sp³-hybridized carbons (Fsp3) is 1.00. The van der Waals surface area contributed by atoms with Crippen LogP contribution in [0.4, 0.5) is 0 Å². The van der Waals surface area contributed by atoms with Gasteiger partial charge in [-0.1, -0.05) is 0 Å². The molecule has 0 aromatic rings. The molecule has 0 radical (unpaired) electrons. The Hall–Kier alpha value is -4.88. The molecule has 0 rings (SSSR count). The highest BCUT2D eigenvalue weighted by Gasteiger charge is 2.56. The fourth-order valence-corrected chi connectivity index (χ4v) is 1.56. The second-order valence-corrected chi connectivity index (χ2v) is 7.91. The molecule has 38 heavy (non-hydrogen) atoms. The predicted molar refractivity (Wildman–Crippen MR) is 111 cm³/mol. The first-order valence-electron chi connectivity index (χ1n) is 9.28. The van der Waals surface area contributed by atoms with Crippen molar-refractivity contribution >= 4 is 0 Å². The summed E-state index contributed by atoms with van der Waals surface area (Å²) in [5.41, 5.74) is -10.9. The summed E-state index contributed by atoms with van der Waals surface area (Å²) in [7, 11) is 0. The van der Waals surface area contributed by atoms with E-state index in [4.69, 9.17) is 0 Å². The molecule has 216 valence electrons. The van der Waals surface area contributed by atoms with E-state index in [9.17, 15) is 80.9 Å². The monoisotopic (exact) mass is 564 g/mol. The summed E-state index contributed by atoms with van der Waals surface area (Å²) in [5.74, 6) is 0. The van der Waals surface area contributed by atoms with Crippen LogP contribution in [0.3, 0.4) is 0 Å². The average molecular weight is 564 g/mol. The van der Waals surface area contributed by atoms with Crippen molar-refractivity contribution in [3.63, 3.8) is 0 Å². The van der Waals surface area contributed by atoms with Crippen LogP contribution in [0.2, 0.25) is 0 Å². The summed E-state index contributed by atoms with van der Waals surface area (Å²) in [6, 6.07) is 0. The Balaban J connectivity index is 0. The number of hydrogen-bond acceptors (Lipinski definition) is 18. The lowest BCUT2D eigenvalue weighted by molar-refractivity contribution is -0.804. The van der Waals surface area contributed by atoms with Crippen LogP contribution < -0.4 is 0 Å². The third-order valence-corrected chi connectivity index (χ3v) is 4.65. The quantitative estimate of drug-likeness (QED) is 0.124. The van der Waals surface area contributed by atoms with Gasteiger partial charge in [0.15, 0.2) is 26.4 Å². The van der Waals surface area contributed by atoms with Gasteiger partial charge in [-0.2, -0.15) is 0 Å². The van der Waals surface area contributed by atoms with Crippen LogP contribution in [-0.2, 0) is 9.47 Å². The van der Waals surface area contributed by atoms with Crippen LogP contribution in [-0.4, -0.2) is 88.5 Å². The van der Waals surface area contributed by atoms with Crippen LogP contribution in [0.25, 0.3) is 0 Å². The first-order chi connectivity index (χ1) is 17.0. The zero-order valence-electron chi connectivity index (χ0n) is 19.8. The van der Waals surface area contributed by atoms with Gasteiger partial charge in [0, 0.05) is 0 Å². The smallest absolute Gasteiger partial charge is 0.351 e. The zero-order chi connectivity index (χ0) is 30.9. The van der Waals surface area contributed by atoms with E-state index in [0.717, 1.165) is 0 Å². The van der Waals surface area contributed by atoms with E-state index in [-0.39, 0.29) is 0 Å². The molecule has 0 aromatic heterocycles. The van der Waals surface area contributed by atoms with Gasteiger partial charge in [0.1, 0.15) is 39.4 Å². The second kappa shape index (κ2) is 12.9. The predicted octanol–water partition coefficient (Wildman–Crippen LogP) is -0.916. The lowest BCUT2D eigenvalue weighted by Gasteiger charge is -2.15. The Labute approximate surface area is 207 Å². The third kappa shape index (κ3) is 8.08. The first-order valence-corrected chi connectivity index (χ1v) is 9.28. The van der Waals surface area contributed by atoms with Crippen molar-refractivity contribution in [1.29, 1.82) is 0 Å². The lowest BCUT2D eigenvalue weighted by Crippen LogP contribution is -2.51. The topological polar surface area (TPSA) is 364 Å². The molecule has 0 saturated heterocycles. The molecule has 0 bridgehead atoms. The number of hydrogen-bond donors (Lipinski definition) is 0. The number of ether oxygens (including phenoxy) is 2. The zero-order valence-corrected chi connectivity index (χ0v) is 19.8. The summed E-state index contributed by atoms with van der Waals surface area (Å²) in [5, 5.41) is 84.0. The van der Waals surface area contributed by atoms with Gasteiger partial charge in [0.25, 0.3) is 0 Å². The Morgan fingerprint density at radius 3 is 0.553 bits per heavy atom. The maximum atomic E-state index is 10.5. The molecule has 0 spiro atoms. The van der Waals surface area contributed by atoms with Crippen molar-refractivity contribution in [2.75, 3.05) is 26.4 Å². The van der Waals surface area contributed by atoms with Crippen molar-refractivity contribution in [2.24, 2.45) is 0 Å². The molecule has 0 saturated carbocycles. The van der Waals surface area contributed by atoms with Gasteiger partial charge in [0.2, 0.25) is 0 Å². The largest absolute Gasteiger partial charge is 0.478 e. The molecule has 0 aliphatic heterocycles. The van der Waals surface area contributed by atoms with Gasteiger partial charge in [0.05, 0.1) is 27.7 Å². The van der Waals surface area contributed by atoms with E-state index in [1.807, 2.05) is 0 Å². The van der Waals surface area contributed by atoms with Gasteiger partial charge in [-0.15, -0.1) is 0 Å². The fourth-order valence-electron chi connectivity index (χ4n) is 1.56. The van der Waals surface area contributed by atoms with Crippen LogP contribution in [0, 0.1) is 80.9 Å². The maximum Gasteiger partial charge on any atom is 0.478 e. The van der Waals surface area contributed by atoms with Gasteiger partial charge >= 0.3 is 22.7 Å². The lowest BCUT2D eigenvalue weighted by atomic mass is 10.2. The number of nitrogens with zero attached hydrogens (tertiary/aromatic N) is 8. The van der Waals surface area contributed by atoms with Crippen LogP contribution in [0.1, 0.15) is 27.7 Å². The highest BCUT2D eigenvalue weighted by molar-refractivity contribution is 4.64. The minimum Gasteiger partial charge on any atom is -0.351 e. The second-order valence-electron chi connectivity index (χ2n) is 7.91. The molecule has 0 amide bonds. The normalized spacial score (nSPS) is 11.9. The molecule has 0 fully saturated rings. The van der Waals surface area contributed by atoms with Crippen molar-refractivity contribution in [1.82, 2.24) is 0 Å². The molecular weight excluding hydrogens is 544 g/mol. The molecular formula is C12H20N8O18. The van der Waals surface area contributed by atoms with E-state index < -0.39 is 88.5 Å². The van der Waals surface area contributed by atoms with Gasteiger partial charge in [-0.25, -0.2) is 0 Å². The molecule has 0 aromatic carbocycles. The summed E-state index contributed by atoms with van der Waals surface area (Å²) in [4.78, 5) is 74.0. The minimum absolute atomic E-state index is 0.628. The van der Waals surface area contributed by atoms with E-state index in [2.05, 4.69) is 9.47 Å². The van der Waals surface area contributed by atoms with Crippen LogP contribution >= 0.6 is 0 Å². The number of rotatable bonds is 16. The van der Waals surface area contributed by atoms with Gasteiger partial charge in [-0.05, 0) is 0 Å². The highest BCUT2D eigenvalue weighted by atomic mass is 16.7. The van der Waals surface area contributed by atoms with E-state index in [1.54, 1.807) is 0 Å². The van der Waals surface area contributed by atoms with Crippen LogP contribution in [0.5, 0.6) is 0 Å². The van der Waals surface area contributed by atoms with Crippen molar-refractivity contribution < 1.29 is 48.9 Å². The molecule has 0 aliphatic carbocycles. The van der Waals surface area contributed by atoms with Crippen molar-refractivity contribution in [3.05, 3.63) is 80.9 Å².